The first-order chi connectivity index (χ1) is 27.2. The van der Waals surface area contributed by atoms with Crippen LogP contribution in [0.4, 0.5) is 36.4 Å². The van der Waals surface area contributed by atoms with E-state index in [1.165, 1.54) is 30.6 Å². The summed E-state index contributed by atoms with van der Waals surface area (Å²) in [5, 5.41) is 27.4. The Bertz CT molecular complexity index is 2210. The van der Waals surface area contributed by atoms with Gasteiger partial charge in [0.05, 0.1) is 12.1 Å². The highest BCUT2D eigenvalue weighted by Gasteiger charge is 2.45. The summed E-state index contributed by atoms with van der Waals surface area (Å²) in [6.45, 7) is -1.42. The molecule has 6 rings (SSSR count). The van der Waals surface area contributed by atoms with Gasteiger partial charge in [-0.1, -0.05) is 35.9 Å². The summed E-state index contributed by atoms with van der Waals surface area (Å²) in [6, 6.07) is 17.4. The maximum Gasteiger partial charge on any atom is 0.422 e. The minimum Gasteiger partial charge on any atom is -0.480 e. The molecule has 1 aliphatic carbocycles. The number of alkyl halides is 3. The third-order valence-electron chi connectivity index (χ3n) is 8.43. The highest BCUT2D eigenvalue weighted by atomic mass is 35.5. The summed E-state index contributed by atoms with van der Waals surface area (Å²) in [5.74, 6) is -4.31. The molecule has 1 fully saturated rings. The number of hydrogen-bond donors (Lipinski definition) is 6. The Labute approximate surface area is 326 Å². The van der Waals surface area contributed by atoms with Gasteiger partial charge in [-0.3, -0.25) is 14.4 Å². The van der Waals surface area contributed by atoms with Crippen LogP contribution in [0.3, 0.4) is 0 Å². The van der Waals surface area contributed by atoms with Crippen molar-refractivity contribution in [2.24, 2.45) is 0 Å². The number of rotatable bonds is 16. The second-order valence-corrected chi connectivity index (χ2v) is 13.2. The molecule has 0 aliphatic heterocycles. The van der Waals surface area contributed by atoms with E-state index in [-0.39, 0.29) is 30.4 Å². The van der Waals surface area contributed by atoms with E-state index >= 15 is 0 Å². The van der Waals surface area contributed by atoms with Crippen LogP contribution in [0.2, 0.25) is 5.02 Å². The normalized spacial score (nSPS) is 13.5. The molecular formula is C36H33ClF3N11O6. The fourth-order valence-electron chi connectivity index (χ4n) is 5.40. The number of ether oxygens (including phenoxy) is 1. The van der Waals surface area contributed by atoms with E-state index in [4.69, 9.17) is 16.3 Å². The number of halogens is 4. The lowest BCUT2D eigenvalue weighted by Gasteiger charge is -2.19. The highest BCUT2D eigenvalue weighted by Crippen LogP contribution is 2.48. The molecule has 21 heteroatoms. The Morgan fingerprint density at radius 3 is 2.21 bits per heavy atom. The molecule has 1 unspecified atom stereocenters. The van der Waals surface area contributed by atoms with Crippen LogP contribution in [0.15, 0.2) is 85.5 Å². The first-order valence-corrected chi connectivity index (χ1v) is 17.5. The van der Waals surface area contributed by atoms with Crippen molar-refractivity contribution in [3.8, 4) is 6.01 Å². The number of nitrogens with one attached hydrogen (secondary N) is 5. The molecule has 1 atom stereocenters. The molecule has 3 aromatic carbocycles. The van der Waals surface area contributed by atoms with Gasteiger partial charge in [-0.25, -0.2) is 14.5 Å². The molecular weight excluding hydrogens is 775 g/mol. The van der Waals surface area contributed by atoms with E-state index in [9.17, 15) is 37.5 Å². The van der Waals surface area contributed by atoms with E-state index in [0.717, 1.165) is 11.1 Å². The van der Waals surface area contributed by atoms with E-state index in [1.54, 1.807) is 47.4 Å². The molecule has 0 radical (unpaired) electrons. The van der Waals surface area contributed by atoms with E-state index in [0.29, 0.717) is 35.8 Å². The topological polar surface area (TPSA) is 227 Å². The van der Waals surface area contributed by atoms with Crippen LogP contribution in [-0.4, -0.2) is 83.9 Å². The number of carboxylic acid groups (broad SMARTS) is 1. The predicted molar refractivity (Wildman–Crippen MR) is 198 cm³/mol. The van der Waals surface area contributed by atoms with Crippen LogP contribution in [0.5, 0.6) is 6.01 Å². The van der Waals surface area contributed by atoms with Crippen molar-refractivity contribution in [2.45, 2.75) is 43.6 Å². The zero-order chi connectivity index (χ0) is 40.6. The van der Waals surface area contributed by atoms with E-state index in [2.05, 4.69) is 51.6 Å². The Morgan fingerprint density at radius 2 is 1.58 bits per heavy atom. The fraction of sp³-hybridized carbons (Fsp3) is 0.250. The van der Waals surface area contributed by atoms with Crippen molar-refractivity contribution in [2.75, 3.05) is 29.1 Å². The van der Waals surface area contributed by atoms with Crippen molar-refractivity contribution in [3.05, 3.63) is 107 Å². The monoisotopic (exact) mass is 807 g/mol. The summed E-state index contributed by atoms with van der Waals surface area (Å²) in [6.07, 6.45) is -0.532. The lowest BCUT2D eigenvalue weighted by atomic mass is 10.1. The zero-order valence-corrected chi connectivity index (χ0v) is 30.3. The lowest BCUT2D eigenvalue weighted by Crippen LogP contribution is -2.44. The van der Waals surface area contributed by atoms with Gasteiger partial charge in [-0.2, -0.15) is 33.2 Å². The Morgan fingerprint density at radius 1 is 0.895 bits per heavy atom. The van der Waals surface area contributed by atoms with Gasteiger partial charge in [0.1, 0.15) is 18.7 Å². The van der Waals surface area contributed by atoms with Gasteiger partial charge in [0.2, 0.25) is 11.9 Å². The van der Waals surface area contributed by atoms with E-state index in [1.807, 2.05) is 12.1 Å². The molecule has 0 spiro atoms. The largest absolute Gasteiger partial charge is 0.480 e. The van der Waals surface area contributed by atoms with Crippen molar-refractivity contribution in [3.63, 3.8) is 0 Å². The van der Waals surface area contributed by atoms with Crippen molar-refractivity contribution in [1.29, 1.82) is 0 Å². The fourth-order valence-corrected chi connectivity index (χ4v) is 5.53. The number of nitrogens with zero attached hydrogens (tertiary/aromatic N) is 6. The van der Waals surface area contributed by atoms with Crippen LogP contribution < -0.4 is 31.3 Å². The summed E-state index contributed by atoms with van der Waals surface area (Å²) >= 11 is 6.02. The molecule has 6 N–H and O–H groups in total. The van der Waals surface area contributed by atoms with Crippen LogP contribution in [0, 0.1) is 0 Å². The van der Waals surface area contributed by atoms with Gasteiger partial charge in [0.15, 0.2) is 6.61 Å². The van der Waals surface area contributed by atoms with Gasteiger partial charge >= 0.3 is 30.0 Å². The first kappa shape index (κ1) is 39.9. The Hall–Kier alpha value is -6.83. The maximum atomic E-state index is 13.0. The number of amides is 3. The number of hydrogen-bond acceptors (Lipinski definition) is 12. The van der Waals surface area contributed by atoms with Crippen LogP contribution >= 0.6 is 11.6 Å². The molecule has 17 nitrogen and oxygen atoms in total. The van der Waals surface area contributed by atoms with Crippen molar-refractivity contribution >= 4 is 58.6 Å². The third kappa shape index (κ3) is 11.4. The van der Waals surface area contributed by atoms with Crippen LogP contribution in [0.1, 0.15) is 40.7 Å². The second-order valence-electron chi connectivity index (χ2n) is 12.7. The molecule has 0 saturated heterocycles. The Kier molecular flexibility index (Phi) is 12.1. The smallest absolute Gasteiger partial charge is 0.422 e. The molecule has 1 saturated carbocycles. The van der Waals surface area contributed by atoms with E-state index < -0.39 is 54.1 Å². The van der Waals surface area contributed by atoms with Crippen molar-refractivity contribution < 1.29 is 42.2 Å². The number of aromatic nitrogens is 6. The maximum absolute atomic E-state index is 13.0. The molecule has 5 aromatic rings. The molecule has 296 valence electrons. The number of carbonyl (C=O) groups is 4. The third-order valence-corrected chi connectivity index (χ3v) is 8.68. The van der Waals surface area contributed by atoms with Gasteiger partial charge in [0.25, 0.3) is 5.91 Å². The first-order valence-electron chi connectivity index (χ1n) is 17.1. The van der Waals surface area contributed by atoms with Crippen LogP contribution in [0.25, 0.3) is 0 Å². The van der Waals surface area contributed by atoms with Crippen molar-refractivity contribution in [1.82, 2.24) is 40.3 Å². The second kappa shape index (κ2) is 17.3. The minimum absolute atomic E-state index is 0.0460. The van der Waals surface area contributed by atoms with Gasteiger partial charge in [0, 0.05) is 28.5 Å². The molecule has 2 heterocycles. The summed E-state index contributed by atoms with van der Waals surface area (Å²) in [7, 11) is 0. The summed E-state index contributed by atoms with van der Waals surface area (Å²) in [5.41, 5.74) is 1.94. The molecule has 2 aromatic heterocycles. The summed E-state index contributed by atoms with van der Waals surface area (Å²) < 4.78 is 45.3. The molecule has 1 aliphatic rings. The number of aliphatic carboxylic acids is 1. The molecule has 3 amide bonds. The number of carboxylic acids is 1. The van der Waals surface area contributed by atoms with Crippen LogP contribution in [-0.2, 0) is 26.5 Å². The quantitative estimate of drug-likeness (QED) is 0.0767. The number of anilines is 4. The van der Waals surface area contributed by atoms with Gasteiger partial charge < -0.3 is 36.4 Å². The zero-order valence-electron chi connectivity index (χ0n) is 29.6. The molecule has 0 bridgehead atoms. The highest BCUT2D eigenvalue weighted by molar-refractivity contribution is 6.39. The predicted octanol–water partition coefficient (Wildman–Crippen LogP) is 4.28. The average molecular weight is 808 g/mol. The van der Waals surface area contributed by atoms with Gasteiger partial charge in [-0.15, -0.1) is 0 Å². The Balaban J connectivity index is 1.02. The summed E-state index contributed by atoms with van der Waals surface area (Å²) in [4.78, 5) is 65.8. The standard InChI is InChI=1S/C36H33ClF3N11O6/c37-24-7-5-23(6-8-24)35(14-15-35)50-33-47-32(48-34(49-33)57-18-36(38,39)40)45-26-11-3-22(4-12-26)28(52)46-27(31(55)56)13-16-42-29(53)30(54)44-25-9-1-21(2-10-25)17-51-20-41-19-43-51/h1-12,19-20,27H,13-18H2,(H,42,53)(H,44,54)(H,46,52)(H,55,56)(H2,45,47,48,49,50). The minimum atomic E-state index is -4.65. The molecule has 57 heavy (non-hydrogen) atoms. The SMILES string of the molecule is O=C(NCCC(NC(=O)c1ccc(Nc2nc(NC3(c4ccc(Cl)cc4)CC3)nc(OCC(F)(F)F)n2)cc1)C(=O)O)C(=O)Nc1ccc(Cn2cncn2)cc1. The number of carbonyl (C=O) groups excluding carboxylic acids is 3. The average Bonchev–Trinajstić information content (AvgIpc) is 3.76. The number of benzene rings is 3. The van der Waals surface area contributed by atoms with Gasteiger partial charge in [-0.05, 0) is 78.9 Å². The lowest BCUT2D eigenvalue weighted by molar-refractivity contribution is -0.154.